The smallest absolute Gasteiger partial charge is 0.252 e. The largest absolute Gasteiger partial charge is 0.487 e. The van der Waals surface area contributed by atoms with Gasteiger partial charge in [-0.25, -0.2) is 0 Å². The van der Waals surface area contributed by atoms with Crippen LogP contribution in [0.3, 0.4) is 0 Å². The molecule has 1 atom stereocenters. The Balaban J connectivity index is 1.91. The van der Waals surface area contributed by atoms with Crippen LogP contribution in [0.1, 0.15) is 66.2 Å². The molecule has 2 aromatic rings. The molecule has 0 unspecified atom stereocenters. The summed E-state index contributed by atoms with van der Waals surface area (Å²) in [6, 6.07) is 14.0. The van der Waals surface area contributed by atoms with E-state index in [9.17, 15) is 4.79 Å². The van der Waals surface area contributed by atoms with Crippen LogP contribution in [0.2, 0.25) is 0 Å². The molecule has 1 heterocycles. The Bertz CT molecular complexity index is 777. The maximum Gasteiger partial charge on any atom is 0.252 e. The molecule has 0 saturated carbocycles. The molecule has 0 spiro atoms. The molecule has 1 amide bonds. The Morgan fingerprint density at radius 2 is 1.88 bits per heavy atom. The first-order valence-corrected chi connectivity index (χ1v) is 9.14. The summed E-state index contributed by atoms with van der Waals surface area (Å²) in [5.74, 6) is 0.878. The minimum absolute atomic E-state index is 0.0136. The number of carbonyl (C=O) groups excluding carboxylic acids is 1. The molecular weight excluding hydrogens is 310 g/mol. The highest BCUT2D eigenvalue weighted by Gasteiger charge is 2.39. The van der Waals surface area contributed by atoms with E-state index in [0.29, 0.717) is 0 Å². The summed E-state index contributed by atoms with van der Waals surface area (Å²) in [6.45, 7) is 8.34. The minimum atomic E-state index is -0.214. The van der Waals surface area contributed by atoms with E-state index < -0.39 is 0 Å². The van der Waals surface area contributed by atoms with Gasteiger partial charge in [0.05, 0.1) is 6.04 Å². The van der Waals surface area contributed by atoms with Crippen molar-refractivity contribution in [3.8, 4) is 5.75 Å². The van der Waals surface area contributed by atoms with Gasteiger partial charge >= 0.3 is 0 Å². The monoisotopic (exact) mass is 337 g/mol. The SMILES string of the molecule is CCC1(CC)C[C@@H](NC(=O)c2ccc(C)cc2C)c2ccccc2O1. The summed E-state index contributed by atoms with van der Waals surface area (Å²) < 4.78 is 6.32. The quantitative estimate of drug-likeness (QED) is 0.841. The molecule has 1 aliphatic heterocycles. The molecule has 1 aliphatic rings. The Morgan fingerprint density at radius 3 is 2.56 bits per heavy atom. The number of nitrogens with one attached hydrogen (secondary N) is 1. The van der Waals surface area contributed by atoms with Crippen LogP contribution < -0.4 is 10.1 Å². The van der Waals surface area contributed by atoms with Gasteiger partial charge in [-0.2, -0.15) is 0 Å². The number of aryl methyl sites for hydroxylation is 2. The number of ether oxygens (including phenoxy) is 1. The number of carbonyl (C=O) groups is 1. The highest BCUT2D eigenvalue weighted by atomic mass is 16.5. The molecule has 0 saturated heterocycles. The number of rotatable bonds is 4. The topological polar surface area (TPSA) is 38.3 Å². The van der Waals surface area contributed by atoms with Crippen molar-refractivity contribution in [2.75, 3.05) is 0 Å². The van der Waals surface area contributed by atoms with Crippen molar-refractivity contribution in [1.82, 2.24) is 5.32 Å². The van der Waals surface area contributed by atoms with Crippen molar-refractivity contribution in [2.24, 2.45) is 0 Å². The van der Waals surface area contributed by atoms with E-state index in [1.54, 1.807) is 0 Å². The zero-order valence-electron chi connectivity index (χ0n) is 15.6. The van der Waals surface area contributed by atoms with Crippen LogP contribution >= 0.6 is 0 Å². The van der Waals surface area contributed by atoms with Crippen LogP contribution in [0.5, 0.6) is 5.75 Å². The molecule has 1 N–H and O–H groups in total. The predicted octanol–water partition coefficient (Wildman–Crippen LogP) is 5.12. The molecule has 25 heavy (non-hydrogen) atoms. The average molecular weight is 337 g/mol. The van der Waals surface area contributed by atoms with Gasteiger partial charge in [0, 0.05) is 17.5 Å². The number of hydrogen-bond donors (Lipinski definition) is 1. The molecule has 3 nitrogen and oxygen atoms in total. The van der Waals surface area contributed by atoms with Crippen LogP contribution in [0.4, 0.5) is 0 Å². The molecule has 0 bridgehead atoms. The fourth-order valence-electron chi connectivity index (χ4n) is 3.73. The number of hydrogen-bond acceptors (Lipinski definition) is 2. The minimum Gasteiger partial charge on any atom is -0.487 e. The standard InChI is InChI=1S/C22H27NO2/c1-5-22(6-2)14-19(18-9-7-8-10-20(18)25-22)23-21(24)17-12-11-15(3)13-16(17)4/h7-13,19H,5-6,14H2,1-4H3,(H,23,24)/t19-/m1/s1. The summed E-state index contributed by atoms with van der Waals surface area (Å²) >= 11 is 0. The van der Waals surface area contributed by atoms with Gasteiger partial charge in [0.2, 0.25) is 0 Å². The number of fused-ring (bicyclic) bond motifs is 1. The fraction of sp³-hybridized carbons (Fsp3) is 0.409. The van der Waals surface area contributed by atoms with Gasteiger partial charge in [0.1, 0.15) is 11.4 Å². The first-order chi connectivity index (χ1) is 12.0. The van der Waals surface area contributed by atoms with Crippen molar-refractivity contribution in [2.45, 2.75) is 58.6 Å². The van der Waals surface area contributed by atoms with Crippen LogP contribution in [0.15, 0.2) is 42.5 Å². The third kappa shape index (κ3) is 3.41. The second-order valence-electron chi connectivity index (χ2n) is 7.08. The lowest BCUT2D eigenvalue weighted by Gasteiger charge is -2.41. The highest BCUT2D eigenvalue weighted by molar-refractivity contribution is 5.96. The van der Waals surface area contributed by atoms with Crippen LogP contribution in [-0.4, -0.2) is 11.5 Å². The van der Waals surface area contributed by atoms with E-state index in [-0.39, 0.29) is 17.6 Å². The van der Waals surface area contributed by atoms with E-state index in [4.69, 9.17) is 4.74 Å². The molecular formula is C22H27NO2. The summed E-state index contributed by atoms with van der Waals surface area (Å²) in [5.41, 5.74) is 3.78. The van der Waals surface area contributed by atoms with E-state index in [0.717, 1.165) is 41.7 Å². The van der Waals surface area contributed by atoms with Crippen LogP contribution in [0, 0.1) is 13.8 Å². The van der Waals surface area contributed by atoms with E-state index >= 15 is 0 Å². The molecule has 0 fully saturated rings. The number of para-hydroxylation sites is 1. The van der Waals surface area contributed by atoms with Crippen LogP contribution in [0.25, 0.3) is 0 Å². The van der Waals surface area contributed by atoms with E-state index in [2.05, 4.69) is 31.3 Å². The summed E-state index contributed by atoms with van der Waals surface area (Å²) in [5, 5.41) is 3.26. The van der Waals surface area contributed by atoms with Crippen molar-refractivity contribution >= 4 is 5.91 Å². The molecule has 3 heteroatoms. The van der Waals surface area contributed by atoms with E-state index in [1.807, 2.05) is 44.2 Å². The lowest BCUT2D eigenvalue weighted by atomic mass is 9.83. The Hall–Kier alpha value is -2.29. The molecule has 0 aromatic heterocycles. The van der Waals surface area contributed by atoms with Gasteiger partial charge in [0.15, 0.2) is 0 Å². The second kappa shape index (κ2) is 6.91. The molecule has 0 aliphatic carbocycles. The number of benzene rings is 2. The van der Waals surface area contributed by atoms with Gasteiger partial charge in [-0.15, -0.1) is 0 Å². The predicted molar refractivity (Wildman–Crippen MR) is 101 cm³/mol. The maximum atomic E-state index is 12.9. The van der Waals surface area contributed by atoms with Gasteiger partial charge in [-0.05, 0) is 44.4 Å². The summed E-state index contributed by atoms with van der Waals surface area (Å²) in [4.78, 5) is 12.9. The molecule has 2 aromatic carbocycles. The van der Waals surface area contributed by atoms with Crippen molar-refractivity contribution in [1.29, 1.82) is 0 Å². The maximum absolute atomic E-state index is 12.9. The van der Waals surface area contributed by atoms with Gasteiger partial charge in [0.25, 0.3) is 5.91 Å². The molecule has 0 radical (unpaired) electrons. The molecule has 3 rings (SSSR count). The Labute approximate surface area is 150 Å². The Kier molecular flexibility index (Phi) is 4.85. The first-order valence-electron chi connectivity index (χ1n) is 9.14. The normalized spacial score (nSPS) is 18.2. The first kappa shape index (κ1) is 17.5. The van der Waals surface area contributed by atoms with Gasteiger partial charge < -0.3 is 10.1 Å². The second-order valence-corrected chi connectivity index (χ2v) is 7.08. The summed E-state index contributed by atoms with van der Waals surface area (Å²) in [7, 11) is 0. The zero-order chi connectivity index (χ0) is 18.0. The Morgan fingerprint density at radius 1 is 1.16 bits per heavy atom. The molecule has 132 valence electrons. The van der Waals surface area contributed by atoms with Crippen molar-refractivity contribution in [3.63, 3.8) is 0 Å². The highest BCUT2D eigenvalue weighted by Crippen LogP contribution is 2.42. The van der Waals surface area contributed by atoms with E-state index in [1.165, 1.54) is 5.56 Å². The van der Waals surface area contributed by atoms with Crippen molar-refractivity contribution < 1.29 is 9.53 Å². The number of amides is 1. The lowest BCUT2D eigenvalue weighted by Crippen LogP contribution is -2.44. The van der Waals surface area contributed by atoms with Gasteiger partial charge in [-0.3, -0.25) is 4.79 Å². The fourth-order valence-corrected chi connectivity index (χ4v) is 3.73. The average Bonchev–Trinajstić information content (AvgIpc) is 2.61. The third-order valence-corrected chi connectivity index (χ3v) is 5.42. The zero-order valence-corrected chi connectivity index (χ0v) is 15.6. The van der Waals surface area contributed by atoms with Gasteiger partial charge in [-0.1, -0.05) is 49.7 Å². The third-order valence-electron chi connectivity index (χ3n) is 5.42. The lowest BCUT2D eigenvalue weighted by molar-refractivity contribution is 0.0227. The summed E-state index contributed by atoms with van der Waals surface area (Å²) in [6.07, 6.45) is 2.65. The van der Waals surface area contributed by atoms with Crippen LogP contribution in [-0.2, 0) is 0 Å². The van der Waals surface area contributed by atoms with Crippen molar-refractivity contribution in [3.05, 3.63) is 64.7 Å².